The van der Waals surface area contributed by atoms with Crippen LogP contribution in [0.25, 0.3) is 0 Å². The Kier molecular flexibility index (Phi) is 7.39. The standard InChI is InChI=1S/C15H18ClNO5/c1-3-21-14(19)8-7-13(18)17-12-6-5-10(16)9-11(12)15(20)22-4-2/h5-6,9H,3-4,7-8H2,1-2H3,(H,17,18). The SMILES string of the molecule is CCOC(=O)CCC(=O)Nc1ccc(Cl)cc1C(=O)OCC. The first kappa shape index (κ1) is 18.0. The number of carbonyl (C=O) groups excluding carboxylic acids is 3. The summed E-state index contributed by atoms with van der Waals surface area (Å²) in [6.07, 6.45) is -0.0638. The van der Waals surface area contributed by atoms with E-state index in [1.807, 2.05) is 0 Å². The van der Waals surface area contributed by atoms with Gasteiger partial charge in [-0.3, -0.25) is 9.59 Å². The summed E-state index contributed by atoms with van der Waals surface area (Å²) >= 11 is 5.85. The van der Waals surface area contributed by atoms with Crippen molar-refractivity contribution in [3.05, 3.63) is 28.8 Å². The van der Waals surface area contributed by atoms with Crippen LogP contribution in [0.5, 0.6) is 0 Å². The molecule has 22 heavy (non-hydrogen) atoms. The van der Waals surface area contributed by atoms with Crippen LogP contribution in [-0.2, 0) is 19.1 Å². The largest absolute Gasteiger partial charge is 0.466 e. The van der Waals surface area contributed by atoms with Gasteiger partial charge in [-0.25, -0.2) is 4.79 Å². The van der Waals surface area contributed by atoms with Crippen molar-refractivity contribution in [2.45, 2.75) is 26.7 Å². The third-order valence-corrected chi connectivity index (χ3v) is 2.85. The second-order valence-corrected chi connectivity index (χ2v) is 4.70. The van der Waals surface area contributed by atoms with Gasteiger partial charge in [0.2, 0.25) is 5.91 Å². The van der Waals surface area contributed by atoms with Crippen LogP contribution < -0.4 is 5.32 Å². The molecular formula is C15H18ClNO5. The predicted molar refractivity (Wildman–Crippen MR) is 81.9 cm³/mol. The number of carbonyl (C=O) groups is 3. The normalized spacial score (nSPS) is 9.95. The molecule has 1 aromatic carbocycles. The highest BCUT2D eigenvalue weighted by molar-refractivity contribution is 6.31. The first-order valence-electron chi connectivity index (χ1n) is 6.90. The number of ether oxygens (including phenoxy) is 2. The van der Waals surface area contributed by atoms with Crippen LogP contribution in [0.2, 0.25) is 5.02 Å². The maximum atomic E-state index is 11.8. The van der Waals surface area contributed by atoms with Gasteiger partial charge >= 0.3 is 11.9 Å². The lowest BCUT2D eigenvalue weighted by molar-refractivity contribution is -0.144. The Morgan fingerprint density at radius 1 is 1.09 bits per heavy atom. The number of rotatable bonds is 7. The van der Waals surface area contributed by atoms with E-state index in [1.165, 1.54) is 12.1 Å². The third-order valence-electron chi connectivity index (χ3n) is 2.61. The Morgan fingerprint density at radius 2 is 1.77 bits per heavy atom. The van der Waals surface area contributed by atoms with E-state index >= 15 is 0 Å². The predicted octanol–water partition coefficient (Wildman–Crippen LogP) is 2.80. The number of hydrogen-bond acceptors (Lipinski definition) is 5. The second-order valence-electron chi connectivity index (χ2n) is 4.26. The molecule has 0 aromatic heterocycles. The molecule has 1 N–H and O–H groups in total. The van der Waals surface area contributed by atoms with Crippen LogP contribution in [0.1, 0.15) is 37.0 Å². The maximum Gasteiger partial charge on any atom is 0.340 e. The molecule has 0 radical (unpaired) electrons. The van der Waals surface area contributed by atoms with Gasteiger partial charge in [0.1, 0.15) is 0 Å². The molecule has 0 saturated heterocycles. The maximum absolute atomic E-state index is 11.8. The van der Waals surface area contributed by atoms with Crippen LogP contribution >= 0.6 is 11.6 Å². The molecule has 0 bridgehead atoms. The van der Waals surface area contributed by atoms with Gasteiger partial charge in [0, 0.05) is 11.4 Å². The number of anilines is 1. The van der Waals surface area contributed by atoms with Gasteiger partial charge < -0.3 is 14.8 Å². The Morgan fingerprint density at radius 3 is 2.41 bits per heavy atom. The van der Waals surface area contributed by atoms with E-state index in [9.17, 15) is 14.4 Å². The van der Waals surface area contributed by atoms with Gasteiger partial charge in [-0.2, -0.15) is 0 Å². The average molecular weight is 328 g/mol. The fraction of sp³-hybridized carbons (Fsp3) is 0.400. The van der Waals surface area contributed by atoms with Gasteiger partial charge in [-0.05, 0) is 32.0 Å². The van der Waals surface area contributed by atoms with Crippen molar-refractivity contribution in [3.8, 4) is 0 Å². The summed E-state index contributed by atoms with van der Waals surface area (Å²) in [5.74, 6) is -1.43. The lowest BCUT2D eigenvalue weighted by Crippen LogP contribution is -2.17. The molecule has 120 valence electrons. The van der Waals surface area contributed by atoms with E-state index in [1.54, 1.807) is 19.9 Å². The molecule has 0 atom stereocenters. The molecule has 0 aliphatic carbocycles. The van der Waals surface area contributed by atoms with Crippen LogP contribution in [-0.4, -0.2) is 31.1 Å². The molecule has 7 heteroatoms. The van der Waals surface area contributed by atoms with Crippen molar-refractivity contribution in [2.24, 2.45) is 0 Å². The van der Waals surface area contributed by atoms with Crippen molar-refractivity contribution in [1.29, 1.82) is 0 Å². The Hall–Kier alpha value is -2.08. The molecule has 0 aliphatic heterocycles. The molecule has 0 saturated carbocycles. The Bertz CT molecular complexity index is 559. The summed E-state index contributed by atoms with van der Waals surface area (Å²) in [6, 6.07) is 4.47. The summed E-state index contributed by atoms with van der Waals surface area (Å²) in [4.78, 5) is 34.9. The molecular weight excluding hydrogens is 310 g/mol. The Balaban J connectivity index is 2.74. The summed E-state index contributed by atoms with van der Waals surface area (Å²) in [5, 5.41) is 2.92. The summed E-state index contributed by atoms with van der Waals surface area (Å²) in [6.45, 7) is 3.85. The summed E-state index contributed by atoms with van der Waals surface area (Å²) in [7, 11) is 0. The quantitative estimate of drug-likeness (QED) is 0.779. The number of benzene rings is 1. The molecule has 0 heterocycles. The van der Waals surface area contributed by atoms with Gasteiger partial charge in [-0.1, -0.05) is 11.6 Å². The van der Waals surface area contributed by atoms with Gasteiger partial charge in [0.05, 0.1) is 30.9 Å². The third kappa shape index (κ3) is 5.73. The van der Waals surface area contributed by atoms with E-state index in [0.717, 1.165) is 0 Å². The molecule has 0 fully saturated rings. The topological polar surface area (TPSA) is 81.7 Å². The number of amides is 1. The first-order valence-corrected chi connectivity index (χ1v) is 7.27. The van der Waals surface area contributed by atoms with E-state index in [2.05, 4.69) is 5.32 Å². The molecule has 1 rings (SSSR count). The van der Waals surface area contributed by atoms with Gasteiger partial charge in [0.25, 0.3) is 0 Å². The molecule has 0 spiro atoms. The molecule has 0 aliphatic rings. The summed E-state index contributed by atoms with van der Waals surface area (Å²) < 4.78 is 9.65. The van der Waals surface area contributed by atoms with Crippen LogP contribution in [0.4, 0.5) is 5.69 Å². The minimum atomic E-state index is -0.578. The number of nitrogens with one attached hydrogen (secondary N) is 1. The second kappa shape index (κ2) is 9.04. The van der Waals surface area contributed by atoms with Crippen LogP contribution in [0.3, 0.4) is 0 Å². The number of hydrogen-bond donors (Lipinski definition) is 1. The highest BCUT2D eigenvalue weighted by atomic mass is 35.5. The molecule has 6 nitrogen and oxygen atoms in total. The lowest BCUT2D eigenvalue weighted by Gasteiger charge is -2.11. The highest BCUT2D eigenvalue weighted by Gasteiger charge is 2.16. The molecule has 1 amide bonds. The van der Waals surface area contributed by atoms with Gasteiger partial charge in [0.15, 0.2) is 0 Å². The fourth-order valence-electron chi connectivity index (χ4n) is 1.66. The van der Waals surface area contributed by atoms with E-state index in [-0.39, 0.29) is 37.3 Å². The zero-order valence-electron chi connectivity index (χ0n) is 12.5. The zero-order chi connectivity index (χ0) is 16.5. The van der Waals surface area contributed by atoms with Crippen molar-refractivity contribution in [2.75, 3.05) is 18.5 Å². The molecule has 0 unspecified atom stereocenters. The highest BCUT2D eigenvalue weighted by Crippen LogP contribution is 2.22. The van der Waals surface area contributed by atoms with E-state index in [4.69, 9.17) is 21.1 Å². The minimum Gasteiger partial charge on any atom is -0.466 e. The van der Waals surface area contributed by atoms with Crippen molar-refractivity contribution in [3.63, 3.8) is 0 Å². The smallest absolute Gasteiger partial charge is 0.340 e. The van der Waals surface area contributed by atoms with Crippen molar-refractivity contribution < 1.29 is 23.9 Å². The minimum absolute atomic E-state index is 0.0258. The van der Waals surface area contributed by atoms with Crippen molar-refractivity contribution >= 4 is 35.1 Å². The number of esters is 2. The van der Waals surface area contributed by atoms with Crippen LogP contribution in [0.15, 0.2) is 18.2 Å². The van der Waals surface area contributed by atoms with E-state index in [0.29, 0.717) is 5.02 Å². The number of halogens is 1. The first-order chi connectivity index (χ1) is 10.5. The molecule has 1 aromatic rings. The summed E-state index contributed by atoms with van der Waals surface area (Å²) in [5.41, 5.74) is 0.454. The Labute approximate surface area is 133 Å². The zero-order valence-corrected chi connectivity index (χ0v) is 13.2. The van der Waals surface area contributed by atoms with Gasteiger partial charge in [-0.15, -0.1) is 0 Å². The average Bonchev–Trinajstić information content (AvgIpc) is 2.47. The lowest BCUT2D eigenvalue weighted by atomic mass is 10.1. The monoisotopic (exact) mass is 327 g/mol. The van der Waals surface area contributed by atoms with Crippen molar-refractivity contribution in [1.82, 2.24) is 0 Å². The van der Waals surface area contributed by atoms with E-state index < -0.39 is 17.8 Å². The fourth-order valence-corrected chi connectivity index (χ4v) is 1.84. The van der Waals surface area contributed by atoms with Crippen LogP contribution in [0, 0.1) is 0 Å².